The first-order valence-electron chi connectivity index (χ1n) is 6.14. The third kappa shape index (κ3) is 8.56. The van der Waals surface area contributed by atoms with E-state index in [0.29, 0.717) is 13.0 Å². The Morgan fingerprint density at radius 1 is 1.00 bits per heavy atom. The molecule has 0 radical (unpaired) electrons. The van der Waals surface area contributed by atoms with Crippen LogP contribution in [0.2, 0.25) is 0 Å². The summed E-state index contributed by atoms with van der Waals surface area (Å²) in [5.74, 6) is -0.672. The Kier molecular flexibility index (Phi) is 8.62. The van der Waals surface area contributed by atoms with Gasteiger partial charge in [-0.2, -0.15) is 0 Å². The fourth-order valence-corrected chi connectivity index (χ4v) is 0.857. The molecule has 0 aliphatic heterocycles. The normalized spacial score (nSPS) is 11.7. The van der Waals surface area contributed by atoms with Crippen molar-refractivity contribution in [3.8, 4) is 0 Å². The number of ether oxygens (including phenoxy) is 2. The van der Waals surface area contributed by atoms with Crippen molar-refractivity contribution in [3.05, 3.63) is 24.5 Å². The van der Waals surface area contributed by atoms with Gasteiger partial charge in [-0.25, -0.2) is 0 Å². The molecule has 0 amide bonds. The van der Waals surface area contributed by atoms with Crippen LogP contribution in [0.1, 0.15) is 34.1 Å². The van der Waals surface area contributed by atoms with Gasteiger partial charge in [0.1, 0.15) is 0 Å². The van der Waals surface area contributed by atoms with Crippen LogP contribution in [0.25, 0.3) is 0 Å². The molecular formula is C14H22O4. The maximum atomic E-state index is 11.1. The van der Waals surface area contributed by atoms with Crippen LogP contribution in [0.15, 0.2) is 24.5 Å². The molecule has 0 unspecified atom stereocenters. The van der Waals surface area contributed by atoms with Gasteiger partial charge in [-0.15, -0.1) is 0 Å². The average Bonchev–Trinajstić information content (AvgIpc) is 2.31. The zero-order valence-corrected chi connectivity index (χ0v) is 11.5. The summed E-state index contributed by atoms with van der Waals surface area (Å²) in [6.07, 6.45) is 7.20. The number of allylic oxidation sites excluding steroid dienone is 2. The van der Waals surface area contributed by atoms with Crippen molar-refractivity contribution in [3.63, 3.8) is 0 Å². The summed E-state index contributed by atoms with van der Waals surface area (Å²) in [4.78, 5) is 22.2. The predicted molar refractivity (Wildman–Crippen MR) is 69.6 cm³/mol. The van der Waals surface area contributed by atoms with Gasteiger partial charge >= 0.3 is 11.9 Å². The first kappa shape index (κ1) is 16.4. The Balaban J connectivity index is 3.63. The maximum Gasteiger partial charge on any atom is 0.313 e. The van der Waals surface area contributed by atoms with E-state index < -0.39 is 0 Å². The largest absolute Gasteiger partial charge is 0.465 e. The zero-order chi connectivity index (χ0) is 14.0. The summed E-state index contributed by atoms with van der Waals surface area (Å²) >= 11 is 0. The minimum atomic E-state index is -0.259. The minimum absolute atomic E-state index is 0.0932. The average molecular weight is 254 g/mol. The van der Waals surface area contributed by atoms with Crippen LogP contribution in [0.4, 0.5) is 0 Å². The molecule has 4 heteroatoms. The highest BCUT2D eigenvalue weighted by Crippen LogP contribution is 1.98. The Morgan fingerprint density at radius 3 is 2.17 bits per heavy atom. The van der Waals surface area contributed by atoms with Gasteiger partial charge in [0, 0.05) is 0 Å². The highest BCUT2D eigenvalue weighted by molar-refractivity contribution is 5.72. The molecule has 0 bridgehead atoms. The molecule has 0 spiro atoms. The van der Waals surface area contributed by atoms with Crippen molar-refractivity contribution in [2.75, 3.05) is 6.61 Å². The molecule has 102 valence electrons. The molecule has 0 rings (SSSR count). The molecule has 0 aliphatic carbocycles. The van der Waals surface area contributed by atoms with Crippen LogP contribution >= 0.6 is 0 Å². The van der Waals surface area contributed by atoms with Crippen LogP contribution < -0.4 is 0 Å². The molecule has 0 heterocycles. The van der Waals surface area contributed by atoms with Gasteiger partial charge < -0.3 is 9.47 Å². The van der Waals surface area contributed by atoms with E-state index in [0.717, 1.165) is 0 Å². The summed E-state index contributed by atoms with van der Waals surface area (Å²) in [5.41, 5.74) is 0. The van der Waals surface area contributed by atoms with Gasteiger partial charge in [0.15, 0.2) is 0 Å². The van der Waals surface area contributed by atoms with E-state index in [-0.39, 0.29) is 23.8 Å². The topological polar surface area (TPSA) is 52.6 Å². The van der Waals surface area contributed by atoms with Crippen molar-refractivity contribution in [1.29, 1.82) is 0 Å². The third-order valence-corrected chi connectivity index (χ3v) is 1.98. The van der Waals surface area contributed by atoms with Crippen LogP contribution in [0.5, 0.6) is 0 Å². The lowest BCUT2D eigenvalue weighted by molar-refractivity contribution is -0.147. The lowest BCUT2D eigenvalue weighted by Crippen LogP contribution is -2.11. The molecule has 0 aromatic heterocycles. The smallest absolute Gasteiger partial charge is 0.313 e. The molecule has 0 aromatic carbocycles. The maximum absolute atomic E-state index is 11.1. The van der Waals surface area contributed by atoms with Crippen molar-refractivity contribution in [2.45, 2.75) is 34.1 Å². The summed E-state index contributed by atoms with van der Waals surface area (Å²) in [6, 6.07) is 0. The van der Waals surface area contributed by atoms with E-state index >= 15 is 0 Å². The van der Waals surface area contributed by atoms with Gasteiger partial charge in [-0.3, -0.25) is 9.59 Å². The number of rotatable bonds is 7. The SMILES string of the molecule is CC(C)C(=O)OC=CC=CCCOC(=O)C(C)C. The number of hydrogen-bond acceptors (Lipinski definition) is 4. The second kappa shape index (κ2) is 9.45. The molecule has 0 aromatic rings. The first-order valence-corrected chi connectivity index (χ1v) is 6.14. The molecule has 0 saturated carbocycles. The lowest BCUT2D eigenvalue weighted by Gasteiger charge is -2.04. The van der Waals surface area contributed by atoms with Gasteiger partial charge in [0.2, 0.25) is 0 Å². The monoisotopic (exact) mass is 254 g/mol. The molecule has 0 N–H and O–H groups in total. The predicted octanol–water partition coefficient (Wildman–Crippen LogP) is 2.84. The highest BCUT2D eigenvalue weighted by Gasteiger charge is 2.06. The van der Waals surface area contributed by atoms with Crippen molar-refractivity contribution in [1.82, 2.24) is 0 Å². The number of hydrogen-bond donors (Lipinski definition) is 0. The van der Waals surface area contributed by atoms with Crippen molar-refractivity contribution < 1.29 is 19.1 Å². The summed E-state index contributed by atoms with van der Waals surface area (Å²) in [7, 11) is 0. The Morgan fingerprint density at radius 2 is 1.61 bits per heavy atom. The Bertz CT molecular complexity index is 314. The van der Waals surface area contributed by atoms with Gasteiger partial charge in [-0.1, -0.05) is 39.8 Å². The Hall–Kier alpha value is -1.58. The molecule has 0 aliphatic rings. The van der Waals surface area contributed by atoms with Crippen molar-refractivity contribution >= 4 is 11.9 Å². The quantitative estimate of drug-likeness (QED) is 0.303. The van der Waals surface area contributed by atoms with Crippen LogP contribution in [0, 0.1) is 11.8 Å². The number of carbonyl (C=O) groups excluding carboxylic acids is 2. The Labute approximate surface area is 109 Å². The fraction of sp³-hybridized carbons (Fsp3) is 0.571. The van der Waals surface area contributed by atoms with E-state index in [9.17, 15) is 9.59 Å². The molecule has 0 atom stereocenters. The minimum Gasteiger partial charge on any atom is -0.465 e. The van der Waals surface area contributed by atoms with E-state index in [4.69, 9.17) is 9.47 Å². The van der Waals surface area contributed by atoms with Gasteiger partial charge in [0.05, 0.1) is 24.7 Å². The molecule has 4 nitrogen and oxygen atoms in total. The second-order valence-electron chi connectivity index (χ2n) is 4.46. The highest BCUT2D eigenvalue weighted by atomic mass is 16.5. The van der Waals surface area contributed by atoms with Crippen LogP contribution in [-0.2, 0) is 19.1 Å². The van der Waals surface area contributed by atoms with E-state index in [1.165, 1.54) is 6.26 Å². The molecular weight excluding hydrogens is 232 g/mol. The standard InChI is InChI=1S/C14H22O4/c1-11(2)13(15)17-9-7-5-6-8-10-18-14(16)12(3)4/h5-7,9,11-12H,8,10H2,1-4H3. The third-order valence-electron chi connectivity index (χ3n) is 1.98. The fourth-order valence-electron chi connectivity index (χ4n) is 0.857. The lowest BCUT2D eigenvalue weighted by atomic mass is 10.2. The van der Waals surface area contributed by atoms with Gasteiger partial charge in [0.25, 0.3) is 0 Å². The van der Waals surface area contributed by atoms with E-state index in [1.807, 2.05) is 6.08 Å². The molecule has 0 saturated heterocycles. The summed E-state index contributed by atoms with van der Waals surface area (Å²) in [6.45, 7) is 7.51. The molecule has 18 heavy (non-hydrogen) atoms. The number of carbonyl (C=O) groups is 2. The van der Waals surface area contributed by atoms with E-state index in [2.05, 4.69) is 0 Å². The van der Waals surface area contributed by atoms with Crippen molar-refractivity contribution in [2.24, 2.45) is 11.8 Å². The van der Waals surface area contributed by atoms with Crippen LogP contribution in [0.3, 0.4) is 0 Å². The molecule has 0 fully saturated rings. The first-order chi connectivity index (χ1) is 8.45. The number of esters is 2. The summed E-state index contributed by atoms with van der Waals surface area (Å²) in [5, 5.41) is 0. The summed E-state index contributed by atoms with van der Waals surface area (Å²) < 4.78 is 9.80. The second-order valence-corrected chi connectivity index (χ2v) is 4.46. The zero-order valence-electron chi connectivity index (χ0n) is 11.5. The van der Waals surface area contributed by atoms with E-state index in [1.54, 1.807) is 39.8 Å². The van der Waals surface area contributed by atoms with Gasteiger partial charge in [-0.05, 0) is 12.5 Å². The van der Waals surface area contributed by atoms with Crippen LogP contribution in [-0.4, -0.2) is 18.5 Å².